The van der Waals surface area contributed by atoms with Gasteiger partial charge in [0.2, 0.25) is 0 Å². The highest BCUT2D eigenvalue weighted by molar-refractivity contribution is 5.63. The van der Waals surface area contributed by atoms with Gasteiger partial charge in [-0.05, 0) is 29.8 Å². The lowest BCUT2D eigenvalue weighted by Crippen LogP contribution is -1.91. The van der Waals surface area contributed by atoms with E-state index in [2.05, 4.69) is 15.1 Å². The minimum absolute atomic E-state index is 0.0356. The third-order valence-electron chi connectivity index (χ3n) is 3.01. The van der Waals surface area contributed by atoms with Crippen LogP contribution in [0.5, 0.6) is 11.5 Å². The molecule has 2 heterocycles. The lowest BCUT2D eigenvalue weighted by atomic mass is 10.2. The highest BCUT2D eigenvalue weighted by Crippen LogP contribution is 2.31. The monoisotopic (exact) mass is 283 g/mol. The molecular formula is C15H13N3O3. The minimum atomic E-state index is 0.0356. The van der Waals surface area contributed by atoms with Gasteiger partial charge in [-0.1, -0.05) is 5.16 Å². The molecule has 3 rings (SSSR count). The molecule has 6 nitrogen and oxygen atoms in total. The van der Waals surface area contributed by atoms with Crippen LogP contribution in [0.2, 0.25) is 0 Å². The van der Waals surface area contributed by atoms with E-state index in [9.17, 15) is 5.11 Å². The fourth-order valence-electron chi connectivity index (χ4n) is 1.94. The molecular weight excluding hydrogens is 270 g/mol. The fourth-order valence-corrected chi connectivity index (χ4v) is 1.94. The van der Waals surface area contributed by atoms with E-state index in [0.717, 1.165) is 5.56 Å². The molecule has 3 aromatic rings. The summed E-state index contributed by atoms with van der Waals surface area (Å²) in [6.07, 6.45) is 3.97. The lowest BCUT2D eigenvalue weighted by Gasteiger charge is -2.02. The van der Waals surface area contributed by atoms with Gasteiger partial charge in [-0.2, -0.15) is 4.98 Å². The summed E-state index contributed by atoms with van der Waals surface area (Å²) in [5.41, 5.74) is 1.51. The van der Waals surface area contributed by atoms with Crippen molar-refractivity contribution in [1.82, 2.24) is 15.1 Å². The third kappa shape index (κ3) is 2.84. The Kier molecular flexibility index (Phi) is 3.51. The van der Waals surface area contributed by atoms with Crippen molar-refractivity contribution in [2.75, 3.05) is 7.11 Å². The first kappa shape index (κ1) is 13.1. The van der Waals surface area contributed by atoms with E-state index in [0.29, 0.717) is 23.6 Å². The molecule has 0 spiro atoms. The van der Waals surface area contributed by atoms with Crippen molar-refractivity contribution < 1.29 is 14.4 Å². The van der Waals surface area contributed by atoms with Crippen LogP contribution in [0.1, 0.15) is 11.4 Å². The van der Waals surface area contributed by atoms with Gasteiger partial charge in [-0.3, -0.25) is 4.98 Å². The number of hydrogen-bond acceptors (Lipinski definition) is 6. The molecule has 0 bridgehead atoms. The fraction of sp³-hybridized carbons (Fsp3) is 0.133. The Balaban J connectivity index is 1.85. The summed E-state index contributed by atoms with van der Waals surface area (Å²) in [6, 6.07) is 8.68. The van der Waals surface area contributed by atoms with Crippen LogP contribution in [0.25, 0.3) is 11.5 Å². The van der Waals surface area contributed by atoms with Gasteiger partial charge in [0.05, 0.1) is 12.7 Å². The van der Waals surface area contributed by atoms with Gasteiger partial charge in [-0.25, -0.2) is 0 Å². The summed E-state index contributed by atoms with van der Waals surface area (Å²) in [5, 5.41) is 13.9. The van der Waals surface area contributed by atoms with Crippen LogP contribution < -0.4 is 4.74 Å². The lowest BCUT2D eigenvalue weighted by molar-refractivity contribution is 0.404. The maximum atomic E-state index is 9.96. The van der Waals surface area contributed by atoms with Gasteiger partial charge < -0.3 is 14.4 Å². The van der Waals surface area contributed by atoms with Crippen molar-refractivity contribution in [3.05, 3.63) is 54.1 Å². The molecule has 2 aromatic heterocycles. The zero-order chi connectivity index (χ0) is 14.7. The molecule has 0 radical (unpaired) electrons. The molecule has 1 N–H and O–H groups in total. The Bertz CT molecular complexity index is 741. The van der Waals surface area contributed by atoms with Crippen molar-refractivity contribution >= 4 is 0 Å². The predicted molar refractivity (Wildman–Crippen MR) is 75.0 cm³/mol. The number of pyridine rings is 1. The second kappa shape index (κ2) is 5.62. The van der Waals surface area contributed by atoms with Gasteiger partial charge in [0.25, 0.3) is 5.89 Å². The van der Waals surface area contributed by atoms with Crippen molar-refractivity contribution in [1.29, 1.82) is 0 Å². The molecule has 0 unspecified atom stereocenters. The molecule has 6 heteroatoms. The Morgan fingerprint density at radius 2 is 2.00 bits per heavy atom. The number of aromatic hydroxyl groups is 1. The molecule has 1 aromatic carbocycles. The predicted octanol–water partition coefficient (Wildman–Crippen LogP) is 2.44. The maximum Gasteiger partial charge on any atom is 0.261 e. The van der Waals surface area contributed by atoms with Crippen LogP contribution in [0.4, 0.5) is 0 Å². The zero-order valence-corrected chi connectivity index (χ0v) is 11.4. The van der Waals surface area contributed by atoms with Gasteiger partial charge in [0.1, 0.15) is 11.5 Å². The summed E-state index contributed by atoms with van der Waals surface area (Å²) in [4.78, 5) is 8.25. The van der Waals surface area contributed by atoms with Crippen LogP contribution in [0.15, 0.2) is 47.2 Å². The molecule has 0 aliphatic heterocycles. The Morgan fingerprint density at radius 3 is 2.71 bits per heavy atom. The first-order chi connectivity index (χ1) is 10.3. The molecule has 0 atom stereocenters. The SMILES string of the molecule is COc1ccc(-c2nc(Cc3ccncc3)no2)c(O)c1. The normalized spacial score (nSPS) is 10.5. The number of benzene rings is 1. The molecule has 0 fully saturated rings. The van der Waals surface area contributed by atoms with Gasteiger partial charge in [-0.15, -0.1) is 0 Å². The molecule has 0 saturated carbocycles. The first-order valence-electron chi connectivity index (χ1n) is 6.35. The number of nitrogens with zero attached hydrogens (tertiary/aromatic N) is 3. The van der Waals surface area contributed by atoms with Gasteiger partial charge >= 0.3 is 0 Å². The van der Waals surface area contributed by atoms with Gasteiger partial charge in [0.15, 0.2) is 5.82 Å². The number of aromatic nitrogens is 3. The second-order valence-electron chi connectivity index (χ2n) is 4.43. The molecule has 0 aliphatic carbocycles. The molecule has 21 heavy (non-hydrogen) atoms. The van der Waals surface area contributed by atoms with Crippen LogP contribution >= 0.6 is 0 Å². The smallest absolute Gasteiger partial charge is 0.261 e. The van der Waals surface area contributed by atoms with E-state index in [-0.39, 0.29) is 11.6 Å². The highest BCUT2D eigenvalue weighted by Gasteiger charge is 2.13. The first-order valence-corrected chi connectivity index (χ1v) is 6.35. The number of rotatable bonds is 4. The van der Waals surface area contributed by atoms with E-state index in [1.54, 1.807) is 24.5 Å². The number of phenols is 1. The number of ether oxygens (including phenoxy) is 1. The summed E-state index contributed by atoms with van der Waals surface area (Å²) in [5.74, 6) is 1.42. The van der Waals surface area contributed by atoms with E-state index >= 15 is 0 Å². The average Bonchev–Trinajstić information content (AvgIpc) is 2.96. The van der Waals surface area contributed by atoms with Crippen LogP contribution in [-0.4, -0.2) is 27.3 Å². The molecule has 0 saturated heterocycles. The summed E-state index contributed by atoms with van der Waals surface area (Å²) in [7, 11) is 1.54. The largest absolute Gasteiger partial charge is 0.507 e. The quantitative estimate of drug-likeness (QED) is 0.792. The van der Waals surface area contributed by atoms with Crippen molar-refractivity contribution in [2.45, 2.75) is 6.42 Å². The summed E-state index contributed by atoms with van der Waals surface area (Å²) in [6.45, 7) is 0. The zero-order valence-electron chi connectivity index (χ0n) is 11.4. The average molecular weight is 283 g/mol. The number of hydrogen-bond donors (Lipinski definition) is 1. The Hall–Kier alpha value is -2.89. The Morgan fingerprint density at radius 1 is 1.19 bits per heavy atom. The van der Waals surface area contributed by atoms with Crippen LogP contribution in [0, 0.1) is 0 Å². The number of phenolic OH excluding ortho intramolecular Hbond substituents is 1. The van der Waals surface area contributed by atoms with Crippen molar-refractivity contribution in [3.8, 4) is 23.0 Å². The Labute approximate surface area is 121 Å². The molecule has 0 aliphatic rings. The molecule has 106 valence electrons. The maximum absolute atomic E-state index is 9.96. The van der Waals surface area contributed by atoms with E-state index in [4.69, 9.17) is 9.26 Å². The topological polar surface area (TPSA) is 81.3 Å². The summed E-state index contributed by atoms with van der Waals surface area (Å²) < 4.78 is 10.2. The van der Waals surface area contributed by atoms with E-state index in [1.165, 1.54) is 13.2 Å². The minimum Gasteiger partial charge on any atom is -0.507 e. The van der Waals surface area contributed by atoms with E-state index in [1.807, 2.05) is 12.1 Å². The molecule has 0 amide bonds. The van der Waals surface area contributed by atoms with Crippen molar-refractivity contribution in [3.63, 3.8) is 0 Å². The van der Waals surface area contributed by atoms with Crippen LogP contribution in [-0.2, 0) is 6.42 Å². The van der Waals surface area contributed by atoms with Crippen LogP contribution in [0.3, 0.4) is 0 Å². The second-order valence-corrected chi connectivity index (χ2v) is 4.43. The number of methoxy groups -OCH3 is 1. The van der Waals surface area contributed by atoms with Crippen molar-refractivity contribution in [2.24, 2.45) is 0 Å². The van der Waals surface area contributed by atoms with Gasteiger partial charge in [0, 0.05) is 24.9 Å². The summed E-state index contributed by atoms with van der Waals surface area (Å²) >= 11 is 0. The standard InChI is InChI=1S/C15H13N3O3/c1-20-11-2-3-12(13(19)9-11)15-17-14(18-21-15)8-10-4-6-16-7-5-10/h2-7,9,19H,8H2,1H3. The third-order valence-corrected chi connectivity index (χ3v) is 3.01. The van der Waals surface area contributed by atoms with E-state index < -0.39 is 0 Å². The highest BCUT2D eigenvalue weighted by atomic mass is 16.5.